The molecule has 0 atom stereocenters. The van der Waals surface area contributed by atoms with E-state index in [9.17, 15) is 35.9 Å². The molecule has 24 heteroatoms. The van der Waals surface area contributed by atoms with Gasteiger partial charge in [-0.1, -0.05) is 36.4 Å². The number of carbonyl (C=O) groups is 2. The molecule has 0 bridgehead atoms. The van der Waals surface area contributed by atoms with Crippen LogP contribution in [0.5, 0.6) is 0 Å². The first-order valence-corrected chi connectivity index (χ1v) is 25.9. The van der Waals surface area contributed by atoms with Gasteiger partial charge in [-0.3, -0.25) is 18.4 Å². The predicted octanol–water partition coefficient (Wildman–Crippen LogP) is 7.99. The highest BCUT2D eigenvalue weighted by molar-refractivity contribution is 6.07. The van der Waals surface area contributed by atoms with Crippen LogP contribution in [0, 0.1) is 27.7 Å². The Hall–Kier alpha value is -8.52. The fourth-order valence-corrected chi connectivity index (χ4v) is 8.40. The number of hydrogen-bond donors (Lipinski definition) is 6. The summed E-state index contributed by atoms with van der Waals surface area (Å²) in [4.78, 5) is 44.4. The van der Waals surface area contributed by atoms with Crippen molar-refractivity contribution in [3.63, 3.8) is 0 Å². The molecule has 82 heavy (non-hydrogen) atoms. The van der Waals surface area contributed by atoms with Crippen molar-refractivity contribution in [3.05, 3.63) is 189 Å². The molecule has 4 heterocycles. The zero-order chi connectivity index (χ0) is 58.6. The fourth-order valence-electron chi connectivity index (χ4n) is 8.40. The highest BCUT2D eigenvalue weighted by atomic mass is 19.4. The lowest BCUT2D eigenvalue weighted by Crippen LogP contribution is -2.50. The van der Waals surface area contributed by atoms with E-state index in [0.717, 1.165) is 35.4 Å². The summed E-state index contributed by atoms with van der Waals surface area (Å²) in [5.74, 6) is -0.845. The van der Waals surface area contributed by atoms with Crippen LogP contribution in [0.2, 0.25) is 0 Å². The second-order valence-electron chi connectivity index (χ2n) is 19.3. The number of quaternary nitrogens is 2. The van der Waals surface area contributed by atoms with Gasteiger partial charge in [0.1, 0.15) is 24.6 Å². The molecule has 0 saturated heterocycles. The van der Waals surface area contributed by atoms with Gasteiger partial charge < -0.3 is 51.7 Å². The molecular formula is C58H62F6N12O6+2. The van der Waals surface area contributed by atoms with Gasteiger partial charge in [-0.2, -0.15) is 26.3 Å². The average Bonchev–Trinajstić information content (AvgIpc) is 3.94. The van der Waals surface area contributed by atoms with Crippen molar-refractivity contribution in [2.45, 2.75) is 53.1 Å². The topological polar surface area (TPSA) is 235 Å². The van der Waals surface area contributed by atoms with Crippen LogP contribution in [-0.2, 0) is 44.4 Å². The minimum absolute atomic E-state index is 0.0271. The molecule has 4 aromatic heterocycles. The van der Waals surface area contributed by atoms with Gasteiger partial charge in [-0.05, 0) is 97.5 Å². The summed E-state index contributed by atoms with van der Waals surface area (Å²) in [6.07, 6.45) is 4.19. The quantitative estimate of drug-likeness (QED) is 0.0236. The van der Waals surface area contributed by atoms with Crippen molar-refractivity contribution >= 4 is 34.7 Å². The van der Waals surface area contributed by atoms with Crippen molar-refractivity contribution in [3.8, 4) is 22.5 Å². The summed E-state index contributed by atoms with van der Waals surface area (Å²) in [7, 11) is 0. The maximum Gasteiger partial charge on any atom is 0.417 e. The largest absolute Gasteiger partial charge is 0.417 e. The number of rotatable bonds is 25. The number of fused-ring (bicyclic) bond motifs is 2. The summed E-state index contributed by atoms with van der Waals surface area (Å²) in [5.41, 5.74) is 12.7. The number of benzene rings is 4. The second kappa shape index (κ2) is 26.8. The van der Waals surface area contributed by atoms with E-state index in [-0.39, 0.29) is 65.9 Å². The van der Waals surface area contributed by atoms with E-state index in [1.165, 1.54) is 24.5 Å². The first-order chi connectivity index (χ1) is 39.2. The van der Waals surface area contributed by atoms with Crippen LogP contribution in [0.3, 0.4) is 0 Å². The summed E-state index contributed by atoms with van der Waals surface area (Å²) >= 11 is 0. The van der Waals surface area contributed by atoms with Crippen LogP contribution < -0.4 is 32.7 Å². The highest BCUT2D eigenvalue weighted by Crippen LogP contribution is 2.36. The maximum absolute atomic E-state index is 14.3. The Morgan fingerprint density at radius 2 is 0.927 bits per heavy atom. The number of nitrogens with one attached hydrogen (secondary N) is 4. The molecule has 0 fully saturated rings. The van der Waals surface area contributed by atoms with Gasteiger partial charge in [-0.25, -0.2) is 19.9 Å². The summed E-state index contributed by atoms with van der Waals surface area (Å²) in [5, 5.41) is 11.2. The number of carbonyl (C=O) groups excluding carboxylic acids is 2. The third-order valence-electron chi connectivity index (χ3n) is 12.6. The van der Waals surface area contributed by atoms with Gasteiger partial charge in [0.2, 0.25) is 11.6 Å². The molecule has 8 rings (SSSR count). The SMILES string of the molecule is Cc1cnc2nc(-c3ccc(C)c(NC(=O)c4ccc(CN/C=C(\[NH3+])COCCOCCOCCOC/C([NH3+])=C/NCc5ccc(C(=O)Nc6cc(-c7cn8cc(C)cnc8n7)ccc6C)c(C(F)(F)F)c5)cc4C(F)(F)F)c3)cn2c1. The van der Waals surface area contributed by atoms with Gasteiger partial charge in [0, 0.05) is 72.8 Å². The van der Waals surface area contributed by atoms with Crippen molar-refractivity contribution in [1.29, 1.82) is 0 Å². The van der Waals surface area contributed by atoms with Crippen molar-refractivity contribution < 1.29 is 66.3 Å². The van der Waals surface area contributed by atoms with Gasteiger partial charge in [-0.15, -0.1) is 0 Å². The van der Waals surface area contributed by atoms with Crippen LogP contribution >= 0.6 is 0 Å². The first-order valence-electron chi connectivity index (χ1n) is 25.9. The third kappa shape index (κ3) is 16.1. The van der Waals surface area contributed by atoms with E-state index in [1.807, 2.05) is 38.4 Å². The molecule has 0 aliphatic heterocycles. The monoisotopic (exact) mass is 1140 g/mol. The van der Waals surface area contributed by atoms with E-state index in [2.05, 4.69) is 52.7 Å². The third-order valence-corrected chi connectivity index (χ3v) is 12.6. The number of hydrogen-bond acceptors (Lipinski definition) is 12. The van der Waals surface area contributed by atoms with Crippen molar-refractivity contribution in [2.24, 2.45) is 0 Å². The molecule has 0 unspecified atom stereocenters. The Kier molecular flexibility index (Phi) is 19.5. The fraction of sp³-hybridized carbons (Fsp3) is 0.276. The number of alkyl halides is 6. The Morgan fingerprint density at radius 3 is 1.32 bits per heavy atom. The Bertz CT molecular complexity index is 3400. The number of aryl methyl sites for hydroxylation is 4. The van der Waals surface area contributed by atoms with E-state index >= 15 is 0 Å². The molecule has 0 saturated carbocycles. The summed E-state index contributed by atoms with van der Waals surface area (Å²) in [6, 6.07) is 17.6. The smallest absolute Gasteiger partial charge is 0.382 e. The van der Waals surface area contributed by atoms with Crippen molar-refractivity contribution in [2.75, 3.05) is 63.5 Å². The zero-order valence-electron chi connectivity index (χ0n) is 45.4. The van der Waals surface area contributed by atoms with E-state index < -0.39 is 46.4 Å². The molecule has 0 aliphatic carbocycles. The number of ether oxygens (including phenoxy) is 4. The Morgan fingerprint density at radius 1 is 0.537 bits per heavy atom. The van der Waals surface area contributed by atoms with Gasteiger partial charge in [0.05, 0.1) is 85.7 Å². The van der Waals surface area contributed by atoms with Gasteiger partial charge in [0.25, 0.3) is 11.8 Å². The molecular weight excluding hydrogens is 1070 g/mol. The highest BCUT2D eigenvalue weighted by Gasteiger charge is 2.37. The number of nitrogens with zero attached hydrogens (tertiary/aromatic N) is 6. The molecule has 8 aromatic rings. The van der Waals surface area contributed by atoms with E-state index in [1.54, 1.807) is 71.7 Å². The molecule has 2 amide bonds. The molecule has 10 N–H and O–H groups in total. The van der Waals surface area contributed by atoms with Crippen molar-refractivity contribution in [1.82, 2.24) is 39.4 Å². The van der Waals surface area contributed by atoms with Crippen LogP contribution in [-0.4, -0.2) is 93.4 Å². The van der Waals surface area contributed by atoms with Crippen LogP contribution in [0.1, 0.15) is 65.2 Å². The molecule has 18 nitrogen and oxygen atoms in total. The zero-order valence-corrected chi connectivity index (χ0v) is 45.4. The summed E-state index contributed by atoms with van der Waals surface area (Å²) in [6.45, 7) is 9.23. The minimum Gasteiger partial charge on any atom is -0.382 e. The summed E-state index contributed by atoms with van der Waals surface area (Å²) < 4.78 is 112. The standard InChI is InChI=1S/C58H60F6N12O6/c1-35-23-69-55-73-51(31-75(55)29-35)41-9-5-37(3)49(21-41)71-53(77)45-11-7-39(19-47(45)57(59,60)61)25-67-27-43(65)33-81-17-15-79-13-14-80-16-18-82-34-44(66)28-68-26-40-8-12-46(48(20-40)58(62,63)64)54(78)72-50-22-42(10-6-38(50)4)52-32-76-30-36(2)24-70-56(76)74-52/h5-12,19-24,27-32,67-68H,13-18,25-26,33-34,65-66H2,1-4H3,(H,71,77)(H,72,78)/p+2/b43-27-,44-28-. The Balaban J connectivity index is 0.686. The lowest BCUT2D eigenvalue weighted by atomic mass is 10.0. The number of anilines is 2. The van der Waals surface area contributed by atoms with Gasteiger partial charge >= 0.3 is 12.4 Å². The molecule has 430 valence electrons. The molecule has 0 aliphatic rings. The number of imidazole rings is 2. The van der Waals surface area contributed by atoms with Crippen LogP contribution in [0.15, 0.2) is 134 Å². The predicted molar refractivity (Wildman–Crippen MR) is 293 cm³/mol. The first kappa shape index (κ1) is 59.6. The number of halogens is 6. The van der Waals surface area contributed by atoms with Crippen LogP contribution in [0.25, 0.3) is 34.1 Å². The second-order valence-corrected chi connectivity index (χ2v) is 19.3. The Labute approximate surface area is 467 Å². The van der Waals surface area contributed by atoms with E-state index in [4.69, 9.17) is 18.9 Å². The minimum atomic E-state index is -4.80. The lowest BCUT2D eigenvalue weighted by molar-refractivity contribution is -0.313. The lowest BCUT2D eigenvalue weighted by Gasteiger charge is -2.16. The molecule has 0 spiro atoms. The normalized spacial score (nSPS) is 12.3. The van der Waals surface area contributed by atoms with E-state index in [0.29, 0.717) is 79.1 Å². The molecule has 0 radical (unpaired) electrons. The van der Waals surface area contributed by atoms with Gasteiger partial charge in [0.15, 0.2) is 0 Å². The average molecular weight is 1140 g/mol. The number of amides is 2. The molecule has 4 aromatic carbocycles. The number of aromatic nitrogens is 6. The van der Waals surface area contributed by atoms with Crippen LogP contribution in [0.4, 0.5) is 37.7 Å². The maximum atomic E-state index is 14.3.